The Morgan fingerprint density at radius 1 is 1.54 bits per heavy atom. The molecule has 6 nitrogen and oxygen atoms in total. The molecule has 1 rings (SSSR count). The van der Waals surface area contributed by atoms with Crippen molar-refractivity contribution in [3.63, 3.8) is 0 Å². The van der Waals surface area contributed by atoms with Crippen LogP contribution in [0.25, 0.3) is 0 Å². The number of nitro groups is 1. The van der Waals surface area contributed by atoms with Crippen LogP contribution in [0.15, 0.2) is 17.3 Å². The van der Waals surface area contributed by atoms with Gasteiger partial charge in [0.1, 0.15) is 11.4 Å². The summed E-state index contributed by atoms with van der Waals surface area (Å²) in [4.78, 5) is 20.0. The monoisotopic (exact) mass is 181 g/mol. The van der Waals surface area contributed by atoms with Gasteiger partial charge in [-0.3, -0.25) is 10.1 Å². The van der Waals surface area contributed by atoms with Crippen molar-refractivity contribution in [2.45, 2.75) is 6.92 Å². The molecule has 0 aliphatic rings. The highest BCUT2D eigenvalue weighted by Gasteiger charge is 2.16. The minimum atomic E-state index is -0.649. The van der Waals surface area contributed by atoms with E-state index >= 15 is 0 Å². The molecule has 0 aliphatic heterocycles. The van der Waals surface area contributed by atoms with Gasteiger partial charge in [-0.1, -0.05) is 6.07 Å². The highest BCUT2D eigenvalue weighted by molar-refractivity contribution is 5.76. The summed E-state index contributed by atoms with van der Waals surface area (Å²) in [5, 5.41) is 13.0. The Bertz CT molecular complexity index is 375. The summed E-state index contributed by atoms with van der Waals surface area (Å²) in [6, 6.07) is 2.69. The van der Waals surface area contributed by atoms with Crippen LogP contribution in [-0.2, 0) is 0 Å². The van der Waals surface area contributed by atoms with Crippen molar-refractivity contribution in [3.05, 3.63) is 32.7 Å². The molecule has 1 aromatic rings. The molecule has 0 saturated carbocycles. The van der Waals surface area contributed by atoms with Gasteiger partial charge in [-0.2, -0.15) is 0 Å². The van der Waals surface area contributed by atoms with Crippen LogP contribution in [-0.4, -0.2) is 4.92 Å². The first-order chi connectivity index (χ1) is 6.07. The quantitative estimate of drug-likeness (QED) is 0.326. The smallest absolute Gasteiger partial charge is 0.294 e. The van der Waals surface area contributed by atoms with Crippen molar-refractivity contribution in [1.82, 2.24) is 0 Å². The zero-order valence-corrected chi connectivity index (χ0v) is 6.85. The van der Waals surface area contributed by atoms with E-state index < -0.39 is 4.92 Å². The number of nitrogens with two attached hydrogens (primary N) is 1. The third-order valence-electron chi connectivity index (χ3n) is 1.68. The highest BCUT2D eigenvalue weighted by atomic mass is 16.6. The molecule has 2 N–H and O–H groups in total. The minimum Gasteiger partial charge on any atom is -0.391 e. The van der Waals surface area contributed by atoms with Gasteiger partial charge < -0.3 is 5.73 Å². The molecule has 0 saturated heterocycles. The highest BCUT2D eigenvalue weighted by Crippen LogP contribution is 2.33. The van der Waals surface area contributed by atoms with E-state index in [9.17, 15) is 15.0 Å². The molecular formula is C7H7N3O3. The fraction of sp³-hybridized carbons (Fsp3) is 0.143. The maximum absolute atomic E-state index is 10.4. The minimum absolute atomic E-state index is 0.0609. The first kappa shape index (κ1) is 9.11. The largest absolute Gasteiger partial charge is 0.391 e. The zero-order chi connectivity index (χ0) is 10.0. The van der Waals surface area contributed by atoms with Crippen LogP contribution >= 0.6 is 0 Å². The topological polar surface area (TPSA) is 98.6 Å². The lowest BCUT2D eigenvalue weighted by molar-refractivity contribution is -0.383. The van der Waals surface area contributed by atoms with Gasteiger partial charge in [-0.25, -0.2) is 0 Å². The van der Waals surface area contributed by atoms with Crippen molar-refractivity contribution < 1.29 is 4.92 Å². The third-order valence-corrected chi connectivity index (χ3v) is 1.68. The molecule has 1 aromatic carbocycles. The molecule has 0 radical (unpaired) electrons. The van der Waals surface area contributed by atoms with E-state index in [1.165, 1.54) is 12.1 Å². The SMILES string of the molecule is Cc1ccc([N+](=O)[O-])c(N)c1N=O. The van der Waals surface area contributed by atoms with E-state index in [4.69, 9.17) is 5.73 Å². The molecule has 0 atom stereocenters. The fourth-order valence-electron chi connectivity index (χ4n) is 0.987. The number of rotatable bonds is 2. The van der Waals surface area contributed by atoms with Crippen molar-refractivity contribution in [2.24, 2.45) is 5.18 Å². The first-order valence-electron chi connectivity index (χ1n) is 3.44. The van der Waals surface area contributed by atoms with Crippen LogP contribution in [0.3, 0.4) is 0 Å². The summed E-state index contributed by atoms with van der Waals surface area (Å²) >= 11 is 0. The van der Waals surface area contributed by atoms with Crippen molar-refractivity contribution in [2.75, 3.05) is 5.73 Å². The molecule has 6 heteroatoms. The average molecular weight is 181 g/mol. The zero-order valence-electron chi connectivity index (χ0n) is 6.85. The van der Waals surface area contributed by atoms with E-state index in [1.54, 1.807) is 6.92 Å². The number of hydrogen-bond donors (Lipinski definition) is 1. The van der Waals surface area contributed by atoms with Gasteiger partial charge in [0.25, 0.3) is 5.69 Å². The molecule has 0 aromatic heterocycles. The number of nitroso groups, excluding NO2 is 1. The molecule has 0 amide bonds. The lowest BCUT2D eigenvalue weighted by Crippen LogP contribution is -1.96. The summed E-state index contributed by atoms with van der Waals surface area (Å²) in [5.74, 6) is 0. The Labute approximate surface area is 73.5 Å². The standard InChI is InChI=1S/C7H7N3O3/c1-4-2-3-5(10(12)13)6(8)7(4)9-11/h2-3H,8H2,1H3. The number of nitrogen functional groups attached to an aromatic ring is 1. The van der Waals surface area contributed by atoms with Crippen LogP contribution in [0.1, 0.15) is 5.56 Å². The molecular weight excluding hydrogens is 174 g/mol. The number of nitro benzene ring substituents is 1. The molecule has 0 fully saturated rings. The summed E-state index contributed by atoms with van der Waals surface area (Å²) < 4.78 is 0. The Balaban J connectivity index is 3.44. The van der Waals surface area contributed by atoms with E-state index in [1.807, 2.05) is 0 Å². The summed E-state index contributed by atoms with van der Waals surface area (Å²) in [7, 11) is 0. The van der Waals surface area contributed by atoms with Crippen LogP contribution < -0.4 is 5.73 Å². The van der Waals surface area contributed by atoms with Gasteiger partial charge in [0.2, 0.25) is 0 Å². The fourth-order valence-corrected chi connectivity index (χ4v) is 0.987. The average Bonchev–Trinajstić information content (AvgIpc) is 2.04. The summed E-state index contributed by atoms with van der Waals surface area (Å²) in [5.41, 5.74) is 5.35. The van der Waals surface area contributed by atoms with Crippen LogP contribution in [0.5, 0.6) is 0 Å². The van der Waals surface area contributed by atoms with E-state index in [-0.39, 0.29) is 17.1 Å². The van der Waals surface area contributed by atoms with Crippen molar-refractivity contribution in [1.29, 1.82) is 0 Å². The molecule has 13 heavy (non-hydrogen) atoms. The number of aryl methyl sites for hydroxylation is 1. The molecule has 68 valence electrons. The van der Waals surface area contributed by atoms with Gasteiger partial charge in [0.05, 0.1) is 4.92 Å². The van der Waals surface area contributed by atoms with E-state index in [0.29, 0.717) is 5.56 Å². The van der Waals surface area contributed by atoms with E-state index in [0.717, 1.165) is 0 Å². The predicted octanol–water partition coefficient (Wildman–Crippen LogP) is 1.88. The second-order valence-electron chi connectivity index (χ2n) is 2.51. The summed E-state index contributed by atoms with van der Waals surface area (Å²) in [6.45, 7) is 1.61. The maximum Gasteiger partial charge on any atom is 0.294 e. The normalized spacial score (nSPS) is 9.62. The van der Waals surface area contributed by atoms with Crippen LogP contribution in [0, 0.1) is 21.9 Å². The van der Waals surface area contributed by atoms with Gasteiger partial charge in [0.15, 0.2) is 0 Å². The summed E-state index contributed by atoms with van der Waals surface area (Å²) in [6.07, 6.45) is 0. The molecule has 0 bridgehead atoms. The van der Waals surface area contributed by atoms with Crippen molar-refractivity contribution in [3.8, 4) is 0 Å². The molecule has 0 aliphatic carbocycles. The number of benzene rings is 1. The van der Waals surface area contributed by atoms with Gasteiger partial charge >= 0.3 is 0 Å². The molecule has 0 heterocycles. The lowest BCUT2D eigenvalue weighted by Gasteiger charge is -2.01. The van der Waals surface area contributed by atoms with Crippen LogP contribution in [0.4, 0.5) is 17.1 Å². The number of anilines is 1. The molecule has 0 spiro atoms. The maximum atomic E-state index is 10.4. The molecule has 0 unspecified atom stereocenters. The predicted molar refractivity (Wildman–Crippen MR) is 47.7 cm³/mol. The van der Waals surface area contributed by atoms with Crippen LogP contribution in [0.2, 0.25) is 0 Å². The van der Waals surface area contributed by atoms with Crippen molar-refractivity contribution >= 4 is 17.1 Å². The Morgan fingerprint density at radius 3 is 2.62 bits per heavy atom. The second-order valence-corrected chi connectivity index (χ2v) is 2.51. The Kier molecular flexibility index (Phi) is 2.23. The van der Waals surface area contributed by atoms with E-state index in [2.05, 4.69) is 5.18 Å². The Hall–Kier alpha value is -1.98. The number of hydrogen-bond acceptors (Lipinski definition) is 5. The van der Waals surface area contributed by atoms with Gasteiger partial charge in [-0.15, -0.1) is 4.91 Å². The number of nitrogens with zero attached hydrogens (tertiary/aromatic N) is 2. The lowest BCUT2D eigenvalue weighted by atomic mass is 10.1. The second kappa shape index (κ2) is 3.18. The first-order valence-corrected chi connectivity index (χ1v) is 3.44. The van der Waals surface area contributed by atoms with Gasteiger partial charge in [-0.05, 0) is 17.7 Å². The Morgan fingerprint density at radius 2 is 2.15 bits per heavy atom. The van der Waals surface area contributed by atoms with Gasteiger partial charge in [0, 0.05) is 6.07 Å². The third kappa shape index (κ3) is 1.46.